The fraction of sp³-hybridized carbons (Fsp3) is 0.714. The molecule has 5 heteroatoms. The molecule has 0 unspecified atom stereocenters. The van der Waals surface area contributed by atoms with Gasteiger partial charge in [0.1, 0.15) is 5.69 Å². The van der Waals surface area contributed by atoms with Gasteiger partial charge in [-0.25, -0.2) is 0 Å². The van der Waals surface area contributed by atoms with E-state index in [4.69, 9.17) is 0 Å². The summed E-state index contributed by atoms with van der Waals surface area (Å²) in [7, 11) is 0. The summed E-state index contributed by atoms with van der Waals surface area (Å²) in [4.78, 5) is 13.8. The van der Waals surface area contributed by atoms with E-state index in [2.05, 4.69) is 24.1 Å². The standard InChI is InChI=1S/C21H31N3O2/c1-14(2)15-7-9-16(10-8-15)23-17-11-12-20(23)19(13-17)22-18-5-3-4-6-21(18)24(25)26/h3-6,14-17,19-20,22H,7-13H2,1-2H3/t15?,16?,17-,19+,20+/m0/s1. The van der Waals surface area contributed by atoms with Crippen molar-refractivity contribution < 1.29 is 4.92 Å². The number of nitrogens with one attached hydrogen (secondary N) is 1. The Labute approximate surface area is 156 Å². The maximum Gasteiger partial charge on any atom is 0.292 e. The van der Waals surface area contributed by atoms with E-state index >= 15 is 0 Å². The van der Waals surface area contributed by atoms with Crippen LogP contribution >= 0.6 is 0 Å². The van der Waals surface area contributed by atoms with Crippen LogP contribution in [-0.4, -0.2) is 34.0 Å². The van der Waals surface area contributed by atoms with Crippen molar-refractivity contribution in [1.82, 2.24) is 4.90 Å². The van der Waals surface area contributed by atoms with Crippen molar-refractivity contribution in [2.24, 2.45) is 11.8 Å². The minimum absolute atomic E-state index is 0.194. The molecule has 1 aromatic carbocycles. The van der Waals surface area contributed by atoms with E-state index in [1.165, 1.54) is 38.5 Å². The Balaban J connectivity index is 1.44. The lowest BCUT2D eigenvalue weighted by atomic mass is 9.79. The number of nitro groups is 1. The van der Waals surface area contributed by atoms with Crippen LogP contribution in [0.4, 0.5) is 11.4 Å². The lowest BCUT2D eigenvalue weighted by Crippen LogP contribution is -2.44. The molecule has 1 N–H and O–H groups in total. The molecule has 26 heavy (non-hydrogen) atoms. The van der Waals surface area contributed by atoms with Crippen molar-refractivity contribution in [3.63, 3.8) is 0 Å². The first kappa shape index (κ1) is 17.8. The SMILES string of the molecule is CC(C)C1CCC(N2[C@H]3CC[C@@H]2[C@H](Nc2ccccc2[N+](=O)[O-])C3)CC1. The van der Waals surface area contributed by atoms with Crippen LogP contribution in [0.5, 0.6) is 0 Å². The third-order valence-corrected chi connectivity index (χ3v) is 7.14. The van der Waals surface area contributed by atoms with Crippen molar-refractivity contribution in [2.75, 3.05) is 5.32 Å². The van der Waals surface area contributed by atoms with Crippen molar-refractivity contribution in [3.05, 3.63) is 34.4 Å². The Bertz CT molecular complexity index is 654. The molecule has 1 aliphatic carbocycles. The number of nitrogens with zero attached hydrogens (tertiary/aromatic N) is 2. The molecule has 0 radical (unpaired) electrons. The van der Waals surface area contributed by atoms with Crippen molar-refractivity contribution in [1.29, 1.82) is 0 Å². The van der Waals surface area contributed by atoms with Gasteiger partial charge in [0.2, 0.25) is 0 Å². The Hall–Kier alpha value is -1.62. The van der Waals surface area contributed by atoms with Gasteiger partial charge in [-0.2, -0.15) is 0 Å². The monoisotopic (exact) mass is 357 g/mol. The molecule has 0 spiro atoms. The first-order valence-electron chi connectivity index (χ1n) is 10.3. The van der Waals surface area contributed by atoms with Crippen molar-refractivity contribution in [3.8, 4) is 0 Å². The van der Waals surface area contributed by atoms with Gasteiger partial charge in [0, 0.05) is 30.2 Å². The van der Waals surface area contributed by atoms with E-state index in [0.29, 0.717) is 23.8 Å². The largest absolute Gasteiger partial charge is 0.375 e. The maximum absolute atomic E-state index is 11.3. The predicted molar refractivity (Wildman–Crippen MR) is 104 cm³/mol. The average molecular weight is 357 g/mol. The molecule has 0 amide bonds. The van der Waals surface area contributed by atoms with Gasteiger partial charge in [0.25, 0.3) is 5.69 Å². The van der Waals surface area contributed by atoms with Crippen molar-refractivity contribution in [2.45, 2.75) is 83.0 Å². The zero-order chi connectivity index (χ0) is 18.3. The van der Waals surface area contributed by atoms with Crippen LogP contribution in [0.15, 0.2) is 24.3 Å². The van der Waals surface area contributed by atoms with Gasteiger partial charge in [0.15, 0.2) is 0 Å². The maximum atomic E-state index is 11.3. The molecule has 3 fully saturated rings. The number of fused-ring (bicyclic) bond motifs is 2. The second-order valence-corrected chi connectivity index (χ2v) is 8.82. The summed E-state index contributed by atoms with van der Waals surface area (Å²) in [6, 6.07) is 9.35. The second kappa shape index (κ2) is 7.18. The normalized spacial score (nSPS) is 34.3. The van der Waals surface area contributed by atoms with Crippen LogP contribution in [0.2, 0.25) is 0 Å². The molecular formula is C21H31N3O2. The van der Waals surface area contributed by atoms with E-state index in [-0.39, 0.29) is 10.6 Å². The fourth-order valence-corrected chi connectivity index (χ4v) is 5.78. The summed E-state index contributed by atoms with van der Waals surface area (Å²) in [5.74, 6) is 1.70. The number of hydrogen-bond acceptors (Lipinski definition) is 4. The third kappa shape index (κ3) is 3.22. The van der Waals surface area contributed by atoms with Gasteiger partial charge in [0.05, 0.1) is 4.92 Å². The zero-order valence-corrected chi connectivity index (χ0v) is 15.9. The van der Waals surface area contributed by atoms with Crippen LogP contribution in [-0.2, 0) is 0 Å². The molecule has 2 heterocycles. The van der Waals surface area contributed by atoms with E-state index in [1.54, 1.807) is 12.1 Å². The Morgan fingerprint density at radius 2 is 1.77 bits per heavy atom. The van der Waals surface area contributed by atoms with Crippen LogP contribution in [0, 0.1) is 22.0 Å². The van der Waals surface area contributed by atoms with Gasteiger partial charge in [-0.15, -0.1) is 0 Å². The molecule has 142 valence electrons. The van der Waals surface area contributed by atoms with Gasteiger partial charge in [-0.1, -0.05) is 26.0 Å². The molecule has 5 nitrogen and oxygen atoms in total. The highest BCUT2D eigenvalue weighted by Crippen LogP contribution is 2.45. The second-order valence-electron chi connectivity index (χ2n) is 8.82. The van der Waals surface area contributed by atoms with Gasteiger partial charge in [-0.3, -0.25) is 15.0 Å². The molecule has 2 bridgehead atoms. The van der Waals surface area contributed by atoms with Crippen LogP contribution in [0.25, 0.3) is 0 Å². The first-order valence-corrected chi connectivity index (χ1v) is 10.3. The molecule has 1 aromatic rings. The molecule has 0 aromatic heterocycles. The smallest absolute Gasteiger partial charge is 0.292 e. The van der Waals surface area contributed by atoms with Crippen molar-refractivity contribution >= 4 is 11.4 Å². The number of anilines is 1. The highest BCUT2D eigenvalue weighted by molar-refractivity contribution is 5.62. The third-order valence-electron chi connectivity index (χ3n) is 7.14. The number of benzene rings is 1. The summed E-state index contributed by atoms with van der Waals surface area (Å²) in [5.41, 5.74) is 0.873. The van der Waals surface area contributed by atoms with E-state index in [0.717, 1.165) is 24.3 Å². The molecule has 4 rings (SSSR count). The molecule has 3 aliphatic rings. The predicted octanol–water partition coefficient (Wildman–Crippen LogP) is 4.83. The van der Waals surface area contributed by atoms with Crippen LogP contribution in [0.1, 0.15) is 58.8 Å². The summed E-state index contributed by atoms with van der Waals surface area (Å²) in [5, 5.41) is 14.8. The minimum Gasteiger partial charge on any atom is -0.375 e. The fourth-order valence-electron chi connectivity index (χ4n) is 5.78. The number of para-hydroxylation sites is 2. The number of hydrogen-bond donors (Lipinski definition) is 1. The molecule has 2 aliphatic heterocycles. The molecular weight excluding hydrogens is 326 g/mol. The quantitative estimate of drug-likeness (QED) is 0.606. The number of rotatable bonds is 5. The topological polar surface area (TPSA) is 58.4 Å². The Morgan fingerprint density at radius 1 is 1.08 bits per heavy atom. The highest BCUT2D eigenvalue weighted by atomic mass is 16.6. The minimum atomic E-state index is -0.277. The first-order chi connectivity index (χ1) is 12.5. The lowest BCUT2D eigenvalue weighted by molar-refractivity contribution is -0.384. The average Bonchev–Trinajstić information content (AvgIpc) is 3.19. The summed E-state index contributed by atoms with van der Waals surface area (Å²) < 4.78 is 0. The summed E-state index contributed by atoms with van der Waals surface area (Å²) >= 11 is 0. The molecule has 3 atom stereocenters. The van der Waals surface area contributed by atoms with Gasteiger partial charge < -0.3 is 5.32 Å². The molecule has 2 saturated heterocycles. The Kier molecular flexibility index (Phi) is 4.91. The highest BCUT2D eigenvalue weighted by Gasteiger charge is 2.49. The van der Waals surface area contributed by atoms with Gasteiger partial charge >= 0.3 is 0 Å². The van der Waals surface area contributed by atoms with E-state index in [1.807, 2.05) is 12.1 Å². The molecule has 1 saturated carbocycles. The lowest BCUT2D eigenvalue weighted by Gasteiger charge is -2.39. The summed E-state index contributed by atoms with van der Waals surface area (Å²) in [6.45, 7) is 4.72. The Morgan fingerprint density at radius 3 is 2.46 bits per heavy atom. The van der Waals surface area contributed by atoms with E-state index in [9.17, 15) is 10.1 Å². The summed E-state index contributed by atoms with van der Waals surface area (Å²) in [6.07, 6.45) is 9.03. The van der Waals surface area contributed by atoms with E-state index < -0.39 is 0 Å². The van der Waals surface area contributed by atoms with Gasteiger partial charge in [-0.05, 0) is 62.8 Å². The number of nitro benzene ring substituents is 1. The van der Waals surface area contributed by atoms with Crippen LogP contribution < -0.4 is 5.32 Å². The zero-order valence-electron chi connectivity index (χ0n) is 15.9. The van der Waals surface area contributed by atoms with Crippen LogP contribution in [0.3, 0.4) is 0 Å².